The summed E-state index contributed by atoms with van der Waals surface area (Å²) in [6.07, 6.45) is 8.64. The molecule has 0 spiro atoms. The Hall–Kier alpha value is -0.570. The molecule has 0 aliphatic heterocycles. The lowest BCUT2D eigenvalue weighted by Gasteiger charge is -2.64. The topological polar surface area (TPSA) is 57.5 Å². The molecule has 0 heterocycles. The van der Waals surface area contributed by atoms with Crippen molar-refractivity contribution < 1.29 is 15.0 Å². The highest BCUT2D eigenvalue weighted by atomic mass is 16.4. The normalized spacial score (nSPS) is 45.4. The van der Waals surface area contributed by atoms with Crippen molar-refractivity contribution in [3.8, 4) is 0 Å². The third-order valence-corrected chi connectivity index (χ3v) is 6.67. The van der Waals surface area contributed by atoms with Crippen molar-refractivity contribution in [1.29, 1.82) is 0 Å². The number of hydrogen-bond donors (Lipinski definition) is 2. The fourth-order valence-corrected chi connectivity index (χ4v) is 5.93. The summed E-state index contributed by atoms with van der Waals surface area (Å²) in [4.78, 5) is 11.9. The van der Waals surface area contributed by atoms with E-state index in [-0.39, 0.29) is 5.41 Å². The van der Waals surface area contributed by atoms with Gasteiger partial charge < -0.3 is 10.2 Å². The number of rotatable bonds is 5. The van der Waals surface area contributed by atoms with Crippen LogP contribution < -0.4 is 0 Å². The Kier molecular flexibility index (Phi) is 3.20. The second kappa shape index (κ2) is 4.46. The number of carboxylic acids is 1. The average Bonchev–Trinajstić information content (AvgIpc) is 2.34. The van der Waals surface area contributed by atoms with Crippen molar-refractivity contribution in [1.82, 2.24) is 0 Å². The van der Waals surface area contributed by atoms with E-state index in [4.69, 9.17) is 0 Å². The largest absolute Gasteiger partial charge is 0.481 e. The van der Waals surface area contributed by atoms with Crippen molar-refractivity contribution in [3.63, 3.8) is 0 Å². The Bertz CT molecular complexity index is 398. The number of aliphatic carboxylic acids is 1. The molecule has 4 aliphatic carbocycles. The molecule has 0 radical (unpaired) electrons. The van der Waals surface area contributed by atoms with Crippen LogP contribution in [0.4, 0.5) is 0 Å². The maximum absolute atomic E-state index is 11.9. The van der Waals surface area contributed by atoms with Crippen LogP contribution in [0, 0.1) is 22.7 Å². The molecular weight excluding hydrogens is 252 g/mol. The summed E-state index contributed by atoms with van der Waals surface area (Å²) in [7, 11) is 0. The second-order valence-electron chi connectivity index (χ2n) is 8.20. The lowest BCUT2D eigenvalue weighted by molar-refractivity contribution is -0.212. The Morgan fingerprint density at radius 3 is 2.35 bits per heavy atom. The van der Waals surface area contributed by atoms with E-state index >= 15 is 0 Å². The van der Waals surface area contributed by atoms with Gasteiger partial charge in [-0.25, -0.2) is 0 Å². The molecule has 4 bridgehead atoms. The Balaban J connectivity index is 1.92. The Morgan fingerprint density at radius 2 is 1.85 bits per heavy atom. The van der Waals surface area contributed by atoms with E-state index in [0.717, 1.165) is 44.9 Å². The van der Waals surface area contributed by atoms with Gasteiger partial charge >= 0.3 is 5.97 Å². The first-order valence-corrected chi connectivity index (χ1v) is 8.28. The Morgan fingerprint density at radius 1 is 1.25 bits per heavy atom. The van der Waals surface area contributed by atoms with Crippen molar-refractivity contribution in [3.05, 3.63) is 0 Å². The lowest BCUT2D eigenvalue weighted by atomic mass is 9.40. The first-order chi connectivity index (χ1) is 9.32. The van der Waals surface area contributed by atoms with Crippen molar-refractivity contribution in [2.24, 2.45) is 22.7 Å². The van der Waals surface area contributed by atoms with Gasteiger partial charge in [-0.15, -0.1) is 0 Å². The van der Waals surface area contributed by atoms with Crippen LogP contribution in [-0.4, -0.2) is 21.8 Å². The van der Waals surface area contributed by atoms with Gasteiger partial charge in [0.25, 0.3) is 0 Å². The van der Waals surface area contributed by atoms with Gasteiger partial charge in [0, 0.05) is 5.41 Å². The standard InChI is InChI=1S/C17H28O3/c1-3-4-5-15(2,20)17-9-12-6-13(10-17)8-16(7-12,11-17)14(18)19/h12-13,20H,3-11H2,1-2H3,(H,18,19). The van der Waals surface area contributed by atoms with Crippen LogP contribution in [-0.2, 0) is 4.79 Å². The molecule has 0 aromatic heterocycles. The summed E-state index contributed by atoms with van der Waals surface area (Å²) in [6, 6.07) is 0. The summed E-state index contributed by atoms with van der Waals surface area (Å²) in [5.41, 5.74) is -1.35. The van der Waals surface area contributed by atoms with Crippen LogP contribution in [0.3, 0.4) is 0 Å². The van der Waals surface area contributed by atoms with E-state index in [9.17, 15) is 15.0 Å². The van der Waals surface area contributed by atoms with Crippen LogP contribution in [0.2, 0.25) is 0 Å². The smallest absolute Gasteiger partial charge is 0.309 e. The quantitative estimate of drug-likeness (QED) is 0.809. The third-order valence-electron chi connectivity index (χ3n) is 6.67. The zero-order chi connectivity index (χ0) is 14.6. The van der Waals surface area contributed by atoms with Gasteiger partial charge in [0.1, 0.15) is 0 Å². The zero-order valence-electron chi connectivity index (χ0n) is 12.8. The first kappa shape index (κ1) is 14.4. The van der Waals surface area contributed by atoms with E-state index in [0.29, 0.717) is 18.3 Å². The second-order valence-corrected chi connectivity index (χ2v) is 8.20. The van der Waals surface area contributed by atoms with Gasteiger partial charge in [0.15, 0.2) is 0 Å². The number of unbranched alkanes of at least 4 members (excludes halogenated alkanes) is 1. The van der Waals surface area contributed by atoms with Crippen LogP contribution in [0.5, 0.6) is 0 Å². The van der Waals surface area contributed by atoms with Crippen molar-refractivity contribution in [2.75, 3.05) is 0 Å². The highest BCUT2D eigenvalue weighted by Crippen LogP contribution is 2.68. The summed E-state index contributed by atoms with van der Waals surface area (Å²) in [6.45, 7) is 4.12. The molecule has 3 heteroatoms. The molecule has 3 nitrogen and oxygen atoms in total. The van der Waals surface area contributed by atoms with Gasteiger partial charge in [-0.05, 0) is 63.7 Å². The highest BCUT2D eigenvalue weighted by molar-refractivity contribution is 5.75. The molecular formula is C17H28O3. The lowest BCUT2D eigenvalue weighted by Crippen LogP contribution is -2.62. The average molecular weight is 280 g/mol. The summed E-state index contributed by atoms with van der Waals surface area (Å²) in [5, 5.41) is 20.9. The molecule has 4 rings (SSSR count). The van der Waals surface area contributed by atoms with E-state index < -0.39 is 17.0 Å². The predicted molar refractivity (Wildman–Crippen MR) is 77.3 cm³/mol. The SMILES string of the molecule is CCCCC(C)(O)C12CC3CC(CC(C(=O)O)(C3)C1)C2. The molecule has 3 unspecified atom stereocenters. The molecule has 3 atom stereocenters. The fourth-order valence-electron chi connectivity index (χ4n) is 5.93. The molecule has 114 valence electrons. The molecule has 0 aromatic rings. The maximum Gasteiger partial charge on any atom is 0.309 e. The molecule has 4 aliphatic rings. The maximum atomic E-state index is 11.9. The van der Waals surface area contributed by atoms with Gasteiger partial charge in [-0.3, -0.25) is 4.79 Å². The Labute approximate surface area is 121 Å². The monoisotopic (exact) mass is 280 g/mol. The van der Waals surface area contributed by atoms with E-state index in [1.54, 1.807) is 0 Å². The highest BCUT2D eigenvalue weighted by Gasteiger charge is 2.65. The van der Waals surface area contributed by atoms with Crippen LogP contribution in [0.15, 0.2) is 0 Å². The van der Waals surface area contributed by atoms with Crippen LogP contribution >= 0.6 is 0 Å². The summed E-state index contributed by atoms with van der Waals surface area (Å²) in [5.74, 6) is 0.447. The molecule has 0 amide bonds. The van der Waals surface area contributed by atoms with E-state index in [1.807, 2.05) is 6.92 Å². The minimum absolute atomic E-state index is 0.134. The minimum atomic E-state index is -0.693. The number of hydrogen-bond acceptors (Lipinski definition) is 2. The van der Waals surface area contributed by atoms with Crippen LogP contribution in [0.25, 0.3) is 0 Å². The van der Waals surface area contributed by atoms with Crippen LogP contribution in [0.1, 0.15) is 71.6 Å². The van der Waals surface area contributed by atoms with Gasteiger partial charge in [0.05, 0.1) is 11.0 Å². The fraction of sp³-hybridized carbons (Fsp3) is 0.941. The van der Waals surface area contributed by atoms with Crippen molar-refractivity contribution >= 4 is 5.97 Å². The molecule has 0 aromatic carbocycles. The van der Waals surface area contributed by atoms with Gasteiger partial charge in [-0.2, -0.15) is 0 Å². The van der Waals surface area contributed by atoms with Gasteiger partial charge in [-0.1, -0.05) is 19.8 Å². The number of carbonyl (C=O) groups is 1. The van der Waals surface area contributed by atoms with Crippen molar-refractivity contribution in [2.45, 2.75) is 77.2 Å². The first-order valence-electron chi connectivity index (χ1n) is 8.28. The minimum Gasteiger partial charge on any atom is -0.481 e. The molecule has 4 saturated carbocycles. The third kappa shape index (κ3) is 1.93. The molecule has 4 fully saturated rings. The number of carboxylic acid groups (broad SMARTS) is 1. The predicted octanol–water partition coefficient (Wildman–Crippen LogP) is 3.60. The van der Waals surface area contributed by atoms with E-state index in [2.05, 4.69) is 6.92 Å². The zero-order valence-corrected chi connectivity index (χ0v) is 12.8. The van der Waals surface area contributed by atoms with E-state index in [1.165, 1.54) is 6.42 Å². The van der Waals surface area contributed by atoms with Gasteiger partial charge in [0.2, 0.25) is 0 Å². The molecule has 2 N–H and O–H groups in total. The molecule has 0 saturated heterocycles. The summed E-state index contributed by atoms with van der Waals surface area (Å²) < 4.78 is 0. The molecule has 20 heavy (non-hydrogen) atoms. The number of aliphatic hydroxyl groups is 1. The summed E-state index contributed by atoms with van der Waals surface area (Å²) >= 11 is 0.